The molecule has 6 heteroatoms. The number of nitrogens with one attached hydrogen (secondary N) is 2. The van der Waals surface area contributed by atoms with Crippen molar-refractivity contribution in [3.05, 3.63) is 84.2 Å². The first-order valence-corrected chi connectivity index (χ1v) is 9.45. The average Bonchev–Trinajstić information content (AvgIpc) is 3.58. The summed E-state index contributed by atoms with van der Waals surface area (Å²) in [4.78, 5) is 32.7. The van der Waals surface area contributed by atoms with Crippen LogP contribution in [0.3, 0.4) is 0 Å². The number of benzene rings is 2. The lowest BCUT2D eigenvalue weighted by molar-refractivity contribution is -0.111. The number of anilines is 1. The molecule has 1 aliphatic carbocycles. The van der Waals surface area contributed by atoms with Gasteiger partial charge in [-0.05, 0) is 36.6 Å². The van der Waals surface area contributed by atoms with Gasteiger partial charge in [0.1, 0.15) is 0 Å². The molecule has 0 unspecified atom stereocenters. The van der Waals surface area contributed by atoms with Crippen molar-refractivity contribution < 1.29 is 9.59 Å². The molecule has 3 aromatic rings. The fourth-order valence-corrected chi connectivity index (χ4v) is 2.73. The molecule has 0 spiro atoms. The van der Waals surface area contributed by atoms with E-state index in [-0.39, 0.29) is 11.8 Å². The zero-order valence-corrected chi connectivity index (χ0v) is 15.7. The Balaban J connectivity index is 1.33. The Morgan fingerprint density at radius 2 is 1.62 bits per heavy atom. The van der Waals surface area contributed by atoms with Crippen LogP contribution in [-0.4, -0.2) is 27.8 Å². The fraction of sp³-hybridized carbons (Fsp3) is 0.130. The van der Waals surface area contributed by atoms with Crippen LogP contribution in [0.4, 0.5) is 5.69 Å². The van der Waals surface area contributed by atoms with E-state index in [0.717, 1.165) is 24.0 Å². The third kappa shape index (κ3) is 5.13. The zero-order chi connectivity index (χ0) is 20.1. The SMILES string of the molecule is O=C(/C=C/c1ccc(C(=O)NC2CC2)cc1)Nc1cnc(-c2ccccc2)nc1. The summed E-state index contributed by atoms with van der Waals surface area (Å²) in [5, 5.41) is 5.68. The van der Waals surface area contributed by atoms with Crippen molar-refractivity contribution in [1.29, 1.82) is 0 Å². The zero-order valence-electron chi connectivity index (χ0n) is 15.7. The van der Waals surface area contributed by atoms with Crippen molar-refractivity contribution in [2.24, 2.45) is 0 Å². The number of aromatic nitrogens is 2. The molecule has 4 rings (SSSR count). The summed E-state index contributed by atoms with van der Waals surface area (Å²) in [5.41, 5.74) is 2.89. The Labute approximate surface area is 168 Å². The van der Waals surface area contributed by atoms with E-state index in [9.17, 15) is 9.59 Å². The molecule has 29 heavy (non-hydrogen) atoms. The number of hydrogen-bond donors (Lipinski definition) is 2. The lowest BCUT2D eigenvalue weighted by Gasteiger charge is -2.04. The molecule has 1 fully saturated rings. The number of nitrogens with zero attached hydrogens (tertiary/aromatic N) is 2. The van der Waals surface area contributed by atoms with Crippen LogP contribution in [0.5, 0.6) is 0 Å². The minimum absolute atomic E-state index is 0.0558. The van der Waals surface area contributed by atoms with E-state index in [1.165, 1.54) is 6.08 Å². The third-order valence-electron chi connectivity index (χ3n) is 4.46. The molecular weight excluding hydrogens is 364 g/mol. The summed E-state index contributed by atoms with van der Waals surface area (Å²) in [7, 11) is 0. The molecule has 0 bridgehead atoms. The monoisotopic (exact) mass is 384 g/mol. The van der Waals surface area contributed by atoms with Crippen LogP contribution in [-0.2, 0) is 4.79 Å². The number of rotatable bonds is 6. The Morgan fingerprint density at radius 3 is 2.28 bits per heavy atom. The van der Waals surface area contributed by atoms with Crippen molar-refractivity contribution in [1.82, 2.24) is 15.3 Å². The maximum atomic E-state index is 12.1. The van der Waals surface area contributed by atoms with Gasteiger partial charge in [-0.1, -0.05) is 42.5 Å². The van der Waals surface area contributed by atoms with Gasteiger partial charge in [-0.15, -0.1) is 0 Å². The molecule has 144 valence electrons. The van der Waals surface area contributed by atoms with E-state index in [0.29, 0.717) is 23.1 Å². The maximum absolute atomic E-state index is 12.1. The van der Waals surface area contributed by atoms with E-state index >= 15 is 0 Å². The van der Waals surface area contributed by atoms with Gasteiger partial charge in [0, 0.05) is 23.2 Å². The molecule has 1 aromatic heterocycles. The quantitative estimate of drug-likeness (QED) is 0.635. The number of hydrogen-bond acceptors (Lipinski definition) is 4. The van der Waals surface area contributed by atoms with Crippen LogP contribution in [0.1, 0.15) is 28.8 Å². The summed E-state index contributed by atoms with van der Waals surface area (Å²) in [6, 6.07) is 17.1. The summed E-state index contributed by atoms with van der Waals surface area (Å²) < 4.78 is 0. The first-order chi connectivity index (χ1) is 14.2. The molecule has 0 aliphatic heterocycles. The van der Waals surface area contributed by atoms with Crippen LogP contribution >= 0.6 is 0 Å². The van der Waals surface area contributed by atoms with E-state index in [1.807, 2.05) is 42.5 Å². The second-order valence-electron chi connectivity index (χ2n) is 6.85. The van der Waals surface area contributed by atoms with Gasteiger partial charge >= 0.3 is 0 Å². The molecule has 2 N–H and O–H groups in total. The van der Waals surface area contributed by atoms with Crippen molar-refractivity contribution >= 4 is 23.6 Å². The Hall–Kier alpha value is -3.80. The molecule has 0 saturated heterocycles. The predicted molar refractivity (Wildman–Crippen MR) is 112 cm³/mol. The van der Waals surface area contributed by atoms with Gasteiger partial charge in [-0.3, -0.25) is 9.59 Å². The van der Waals surface area contributed by atoms with Gasteiger partial charge in [0.25, 0.3) is 5.91 Å². The van der Waals surface area contributed by atoms with Gasteiger partial charge in [-0.25, -0.2) is 9.97 Å². The number of amides is 2. The second-order valence-corrected chi connectivity index (χ2v) is 6.85. The van der Waals surface area contributed by atoms with Crippen LogP contribution < -0.4 is 10.6 Å². The molecule has 6 nitrogen and oxygen atoms in total. The Kier molecular flexibility index (Phi) is 5.42. The summed E-state index contributed by atoms with van der Waals surface area (Å²) in [5.74, 6) is 0.265. The summed E-state index contributed by atoms with van der Waals surface area (Å²) in [6.07, 6.45) is 8.40. The van der Waals surface area contributed by atoms with Gasteiger partial charge in [0.15, 0.2) is 5.82 Å². The second kappa shape index (κ2) is 8.48. The highest BCUT2D eigenvalue weighted by molar-refractivity contribution is 6.02. The highest BCUT2D eigenvalue weighted by Gasteiger charge is 2.23. The van der Waals surface area contributed by atoms with Crippen molar-refractivity contribution in [3.8, 4) is 11.4 Å². The standard InChI is InChI=1S/C23H20N4O2/c28-21(26-20-14-24-22(25-15-20)17-4-2-1-3-5-17)13-8-16-6-9-18(10-7-16)23(29)27-19-11-12-19/h1-10,13-15,19H,11-12H2,(H,26,28)(H,27,29)/b13-8+. The highest BCUT2D eigenvalue weighted by atomic mass is 16.2. The molecule has 1 heterocycles. The van der Waals surface area contributed by atoms with Crippen LogP contribution in [0.2, 0.25) is 0 Å². The molecule has 0 atom stereocenters. The molecule has 2 amide bonds. The lowest BCUT2D eigenvalue weighted by atomic mass is 10.1. The number of carbonyl (C=O) groups excluding carboxylic acids is 2. The highest BCUT2D eigenvalue weighted by Crippen LogP contribution is 2.19. The molecule has 1 saturated carbocycles. The van der Waals surface area contributed by atoms with E-state index < -0.39 is 0 Å². The Morgan fingerprint density at radius 1 is 0.931 bits per heavy atom. The molecular formula is C23H20N4O2. The first kappa shape index (κ1) is 18.6. The van der Waals surface area contributed by atoms with E-state index in [2.05, 4.69) is 20.6 Å². The van der Waals surface area contributed by atoms with E-state index in [1.54, 1.807) is 30.6 Å². The van der Waals surface area contributed by atoms with Gasteiger partial charge in [0.05, 0.1) is 18.1 Å². The van der Waals surface area contributed by atoms with Gasteiger partial charge in [-0.2, -0.15) is 0 Å². The van der Waals surface area contributed by atoms with E-state index in [4.69, 9.17) is 0 Å². The minimum atomic E-state index is -0.281. The fourth-order valence-electron chi connectivity index (χ4n) is 2.73. The van der Waals surface area contributed by atoms with Crippen LogP contribution in [0.15, 0.2) is 73.1 Å². The van der Waals surface area contributed by atoms with Gasteiger partial charge < -0.3 is 10.6 Å². The smallest absolute Gasteiger partial charge is 0.251 e. The average molecular weight is 384 g/mol. The normalized spacial score (nSPS) is 13.2. The topological polar surface area (TPSA) is 84.0 Å². The third-order valence-corrected chi connectivity index (χ3v) is 4.46. The van der Waals surface area contributed by atoms with Crippen molar-refractivity contribution in [2.75, 3.05) is 5.32 Å². The molecule has 2 aromatic carbocycles. The first-order valence-electron chi connectivity index (χ1n) is 9.45. The number of carbonyl (C=O) groups is 2. The van der Waals surface area contributed by atoms with Crippen LogP contribution in [0, 0.1) is 0 Å². The molecule has 1 aliphatic rings. The summed E-state index contributed by atoms with van der Waals surface area (Å²) in [6.45, 7) is 0. The van der Waals surface area contributed by atoms with Crippen LogP contribution in [0.25, 0.3) is 17.5 Å². The summed E-state index contributed by atoms with van der Waals surface area (Å²) >= 11 is 0. The largest absolute Gasteiger partial charge is 0.349 e. The maximum Gasteiger partial charge on any atom is 0.251 e. The van der Waals surface area contributed by atoms with Crippen molar-refractivity contribution in [2.45, 2.75) is 18.9 Å². The minimum Gasteiger partial charge on any atom is -0.349 e. The van der Waals surface area contributed by atoms with Crippen molar-refractivity contribution in [3.63, 3.8) is 0 Å². The Bertz CT molecular complexity index is 1020. The van der Waals surface area contributed by atoms with Gasteiger partial charge in [0.2, 0.25) is 5.91 Å². The lowest BCUT2D eigenvalue weighted by Crippen LogP contribution is -2.25. The predicted octanol–water partition coefficient (Wildman–Crippen LogP) is 3.69. The molecule has 0 radical (unpaired) electrons.